The van der Waals surface area contributed by atoms with E-state index >= 15 is 0 Å². The van der Waals surface area contributed by atoms with E-state index in [9.17, 15) is 0 Å². The van der Waals surface area contributed by atoms with Gasteiger partial charge in [-0.05, 0) is 71.8 Å². The molecule has 0 unspecified atom stereocenters. The van der Waals surface area contributed by atoms with Gasteiger partial charge in [-0.25, -0.2) is 9.97 Å². The molecule has 0 bridgehead atoms. The zero-order chi connectivity index (χ0) is 47.3. The number of aromatic nitrogens is 7. The fourth-order valence-corrected chi connectivity index (χ4v) is 10.9. The van der Waals surface area contributed by atoms with Crippen molar-refractivity contribution in [2.24, 2.45) is 0 Å². The molecular weight excluding hydrogens is 883 g/mol. The number of hydrogen-bond donors (Lipinski definition) is 0. The van der Waals surface area contributed by atoms with Crippen LogP contribution in [-0.4, -0.2) is 33.6 Å². The maximum absolute atomic E-state index is 6.95. The molecule has 0 aliphatic heterocycles. The van der Waals surface area contributed by atoms with Gasteiger partial charge in [-0.1, -0.05) is 176 Å². The Morgan fingerprint density at radius 1 is 0.306 bits per heavy atom. The largest absolute Gasteiger partial charge is 0.434 e. The first-order valence-electron chi connectivity index (χ1n) is 24.1. The molecule has 15 aromatic rings. The van der Waals surface area contributed by atoms with E-state index in [1.165, 1.54) is 21.8 Å². The lowest BCUT2D eigenvalue weighted by Crippen LogP contribution is -2.07. The first-order chi connectivity index (χ1) is 35.7. The van der Waals surface area contributed by atoms with E-state index < -0.39 is 0 Å². The summed E-state index contributed by atoms with van der Waals surface area (Å²) in [4.78, 5) is 20.8. The van der Waals surface area contributed by atoms with Crippen LogP contribution in [0.4, 0.5) is 0 Å². The molecule has 0 fully saturated rings. The van der Waals surface area contributed by atoms with Crippen LogP contribution in [0.3, 0.4) is 0 Å². The molecule has 0 amide bonds. The van der Waals surface area contributed by atoms with Gasteiger partial charge in [-0.3, -0.25) is 4.57 Å². The van der Waals surface area contributed by atoms with Crippen LogP contribution in [0.5, 0.6) is 0 Å². The van der Waals surface area contributed by atoms with Crippen LogP contribution in [0.2, 0.25) is 0 Å². The fraction of sp³-hybridized carbons (Fsp3) is 0. The Hall–Kier alpha value is -9.92. The topological polar surface area (TPSA) is 79.5 Å². The van der Waals surface area contributed by atoms with Crippen LogP contribution in [0.1, 0.15) is 0 Å². The number of rotatable bonds is 7. The van der Waals surface area contributed by atoms with Crippen molar-refractivity contribution in [1.82, 2.24) is 33.6 Å². The summed E-state index contributed by atoms with van der Waals surface area (Å²) in [7, 11) is 0. The third kappa shape index (κ3) is 6.12. The molecule has 8 heteroatoms. The minimum absolute atomic E-state index is 0.528. The smallest absolute Gasteiger partial charge is 0.238 e. The number of nitrogens with zero attached hydrogens (tertiary/aromatic N) is 7. The quantitative estimate of drug-likeness (QED) is 0.159. The SMILES string of the molecule is c1ccc(-c2nc(-c3ccccc3)nc(-n3c4ccccc4c4ccc5c6ccccc6n(-c6cccc7nc(-c8ccc(-c9ccc%10c%11ccccc%11n(-c%11ccccc%11)c%10c9)cc8)oc67)c5c43)n2)cc1. The zero-order valence-electron chi connectivity index (χ0n) is 38.6. The Kier molecular flexibility index (Phi) is 8.79. The monoisotopic (exact) mass is 921 g/mol. The summed E-state index contributed by atoms with van der Waals surface area (Å²) in [5.41, 5.74) is 14.8. The molecule has 0 saturated carbocycles. The van der Waals surface area contributed by atoms with Gasteiger partial charge in [0.05, 0.1) is 38.8 Å². The molecule has 8 nitrogen and oxygen atoms in total. The molecule has 0 radical (unpaired) electrons. The molecule has 72 heavy (non-hydrogen) atoms. The molecule has 0 aliphatic rings. The Bertz CT molecular complexity index is 4550. The van der Waals surface area contributed by atoms with Crippen molar-refractivity contribution >= 4 is 76.5 Å². The van der Waals surface area contributed by atoms with Gasteiger partial charge in [-0.2, -0.15) is 9.97 Å². The summed E-state index contributed by atoms with van der Waals surface area (Å²) in [5, 5.41) is 6.85. The molecule has 10 aromatic carbocycles. The molecule has 5 aromatic heterocycles. The van der Waals surface area contributed by atoms with Crippen LogP contribution in [0.15, 0.2) is 241 Å². The van der Waals surface area contributed by atoms with E-state index in [4.69, 9.17) is 24.4 Å². The van der Waals surface area contributed by atoms with Crippen LogP contribution in [0, 0.1) is 0 Å². The summed E-state index contributed by atoms with van der Waals surface area (Å²) >= 11 is 0. The van der Waals surface area contributed by atoms with Crippen molar-refractivity contribution < 1.29 is 4.42 Å². The maximum atomic E-state index is 6.95. The van der Waals surface area contributed by atoms with Crippen LogP contribution in [-0.2, 0) is 0 Å². The zero-order valence-corrected chi connectivity index (χ0v) is 38.6. The van der Waals surface area contributed by atoms with E-state index in [0.717, 1.165) is 88.3 Å². The average molecular weight is 922 g/mol. The number of fused-ring (bicyclic) bond motifs is 11. The predicted octanol–water partition coefficient (Wildman–Crippen LogP) is 16.0. The van der Waals surface area contributed by atoms with Gasteiger partial charge in [0.2, 0.25) is 11.8 Å². The number of oxazole rings is 1. The van der Waals surface area contributed by atoms with Crippen molar-refractivity contribution in [3.63, 3.8) is 0 Å². The van der Waals surface area contributed by atoms with Crippen molar-refractivity contribution in [2.45, 2.75) is 0 Å². The molecule has 5 heterocycles. The van der Waals surface area contributed by atoms with E-state index in [1.807, 2.05) is 66.7 Å². The van der Waals surface area contributed by atoms with Gasteiger partial charge >= 0.3 is 0 Å². The number of para-hydroxylation sites is 5. The fourth-order valence-electron chi connectivity index (χ4n) is 10.9. The summed E-state index contributed by atoms with van der Waals surface area (Å²) in [6.45, 7) is 0. The summed E-state index contributed by atoms with van der Waals surface area (Å²) in [5.74, 6) is 2.27. The first-order valence-corrected chi connectivity index (χ1v) is 24.1. The second kappa shape index (κ2) is 15.8. The van der Waals surface area contributed by atoms with E-state index in [2.05, 4.69) is 184 Å². The second-order valence-electron chi connectivity index (χ2n) is 18.2. The van der Waals surface area contributed by atoms with Crippen molar-refractivity contribution in [1.29, 1.82) is 0 Å². The minimum atomic E-state index is 0.528. The Morgan fingerprint density at radius 3 is 1.43 bits per heavy atom. The van der Waals surface area contributed by atoms with Crippen molar-refractivity contribution in [2.75, 3.05) is 0 Å². The molecule has 0 N–H and O–H groups in total. The van der Waals surface area contributed by atoms with Crippen LogP contribution < -0.4 is 0 Å². The predicted molar refractivity (Wildman–Crippen MR) is 292 cm³/mol. The third-order valence-corrected chi connectivity index (χ3v) is 14.1. The van der Waals surface area contributed by atoms with Gasteiger partial charge < -0.3 is 13.6 Å². The lowest BCUT2D eigenvalue weighted by atomic mass is 10.0. The lowest BCUT2D eigenvalue weighted by molar-refractivity contribution is 0.618. The second-order valence-corrected chi connectivity index (χ2v) is 18.2. The lowest BCUT2D eigenvalue weighted by Gasteiger charge is -2.13. The summed E-state index contributed by atoms with van der Waals surface area (Å²) in [6.07, 6.45) is 0. The van der Waals surface area contributed by atoms with E-state index in [-0.39, 0.29) is 0 Å². The molecule has 0 saturated heterocycles. The minimum Gasteiger partial charge on any atom is -0.434 e. The highest BCUT2D eigenvalue weighted by Crippen LogP contribution is 2.43. The van der Waals surface area contributed by atoms with Crippen molar-refractivity contribution in [3.8, 4) is 62.7 Å². The van der Waals surface area contributed by atoms with Gasteiger partial charge in [0, 0.05) is 54.7 Å². The molecule has 15 rings (SSSR count). The number of benzene rings is 10. The molecule has 0 atom stereocenters. The normalized spacial score (nSPS) is 11.9. The van der Waals surface area contributed by atoms with Crippen LogP contribution >= 0.6 is 0 Å². The van der Waals surface area contributed by atoms with Gasteiger partial charge in [0.1, 0.15) is 5.52 Å². The molecule has 0 aliphatic carbocycles. The van der Waals surface area contributed by atoms with Gasteiger partial charge in [0.25, 0.3) is 0 Å². The van der Waals surface area contributed by atoms with E-state index in [0.29, 0.717) is 29.1 Å². The van der Waals surface area contributed by atoms with Gasteiger partial charge in [-0.15, -0.1) is 0 Å². The maximum Gasteiger partial charge on any atom is 0.238 e. The number of hydrogen-bond acceptors (Lipinski definition) is 5. The highest BCUT2D eigenvalue weighted by molar-refractivity contribution is 6.24. The average Bonchev–Trinajstić information content (AvgIpc) is 4.22. The summed E-state index contributed by atoms with van der Waals surface area (Å²) < 4.78 is 13.9. The highest BCUT2D eigenvalue weighted by atomic mass is 16.3. The Labute approximate surface area is 412 Å². The molecular formula is C64H39N7O. The van der Waals surface area contributed by atoms with Gasteiger partial charge in [0.15, 0.2) is 17.2 Å². The summed E-state index contributed by atoms with van der Waals surface area (Å²) in [6, 6.07) is 82.6. The standard InChI is InChI=1S/C64H39N7O/c1-4-17-41(18-5-1)61-66-62(42-19-6-2-7-20-42)68-64(67-61)71-55-29-15-12-25-48(55)51-38-37-50-47-24-11-14-28-54(47)70(58(50)59(51)71)56-30-16-26-52-60(56)72-63(65-52)43-33-31-40(32-34-43)44-35-36-49-46-23-10-13-27-53(46)69(57(49)39-44)45-21-8-3-9-22-45/h1-39H. The van der Waals surface area contributed by atoms with Crippen molar-refractivity contribution in [3.05, 3.63) is 237 Å². The Morgan fingerprint density at radius 2 is 0.792 bits per heavy atom. The molecule has 0 spiro atoms. The Balaban J connectivity index is 0.909. The van der Waals surface area contributed by atoms with E-state index in [1.54, 1.807) is 0 Å². The van der Waals surface area contributed by atoms with Crippen LogP contribution in [0.25, 0.3) is 139 Å². The molecule has 336 valence electrons. The highest BCUT2D eigenvalue weighted by Gasteiger charge is 2.25. The first kappa shape index (κ1) is 40.0. The third-order valence-electron chi connectivity index (χ3n) is 14.1.